The monoisotopic (exact) mass is 420 g/mol. The van der Waals surface area contributed by atoms with E-state index in [9.17, 15) is 14.4 Å². The summed E-state index contributed by atoms with van der Waals surface area (Å²) < 4.78 is 2.98. The fraction of sp³-hybridized carbons (Fsp3) is 0.318. The Balaban J connectivity index is 1.37. The summed E-state index contributed by atoms with van der Waals surface area (Å²) in [5.41, 5.74) is 2.31. The molecule has 9 heteroatoms. The third-order valence-corrected chi connectivity index (χ3v) is 5.27. The highest BCUT2D eigenvalue weighted by Crippen LogP contribution is 2.24. The number of benzene rings is 1. The quantitative estimate of drug-likeness (QED) is 0.646. The molecule has 1 unspecified atom stereocenters. The van der Waals surface area contributed by atoms with Crippen LogP contribution in [0.15, 0.2) is 53.3 Å². The summed E-state index contributed by atoms with van der Waals surface area (Å²) in [4.78, 5) is 38.7. The molecule has 0 aliphatic carbocycles. The van der Waals surface area contributed by atoms with Crippen molar-refractivity contribution in [2.24, 2.45) is 5.92 Å². The van der Waals surface area contributed by atoms with Crippen LogP contribution in [0, 0.1) is 19.8 Å². The number of hydrogen-bond acceptors (Lipinski definition) is 5. The van der Waals surface area contributed by atoms with Crippen molar-refractivity contribution in [3.05, 3.63) is 70.3 Å². The van der Waals surface area contributed by atoms with Crippen LogP contribution in [0.4, 0.5) is 5.69 Å². The Labute approximate surface area is 179 Å². The van der Waals surface area contributed by atoms with Crippen molar-refractivity contribution in [1.29, 1.82) is 0 Å². The molecule has 3 heterocycles. The second kappa shape index (κ2) is 8.55. The molecule has 1 aliphatic rings. The van der Waals surface area contributed by atoms with Gasteiger partial charge in [0.15, 0.2) is 5.82 Å². The van der Waals surface area contributed by atoms with Gasteiger partial charge in [-0.25, -0.2) is 9.36 Å². The van der Waals surface area contributed by atoms with Gasteiger partial charge in [0.1, 0.15) is 0 Å². The van der Waals surface area contributed by atoms with E-state index in [1.54, 1.807) is 15.6 Å². The number of carbonyl (C=O) groups excluding carboxylic acids is 2. The molecule has 2 amide bonds. The number of nitrogens with one attached hydrogen (secondary N) is 1. The number of hydrogen-bond donors (Lipinski definition) is 1. The molecule has 160 valence electrons. The highest BCUT2D eigenvalue weighted by molar-refractivity contribution is 6.00. The van der Waals surface area contributed by atoms with E-state index in [1.165, 1.54) is 10.7 Å². The van der Waals surface area contributed by atoms with Gasteiger partial charge in [0.05, 0.1) is 18.2 Å². The number of carbonyl (C=O) groups is 2. The summed E-state index contributed by atoms with van der Waals surface area (Å²) in [7, 11) is 0. The van der Waals surface area contributed by atoms with Gasteiger partial charge in [-0.1, -0.05) is 18.2 Å². The maximum Gasteiger partial charge on any atom is 0.266 e. The van der Waals surface area contributed by atoms with Gasteiger partial charge in [0.25, 0.3) is 5.56 Å². The Morgan fingerprint density at radius 3 is 2.58 bits per heavy atom. The van der Waals surface area contributed by atoms with Crippen LogP contribution in [0.5, 0.6) is 0 Å². The highest BCUT2D eigenvalue weighted by atomic mass is 16.2. The summed E-state index contributed by atoms with van der Waals surface area (Å²) in [6.07, 6.45) is 0.173. The SMILES string of the molecule is Cc1cc(C)n(-c2ccc(=O)n(CCNC(=O)C3CC(=O)N(c4ccccc4)C3)n2)n1. The smallest absolute Gasteiger partial charge is 0.266 e. The Hall–Kier alpha value is -3.75. The summed E-state index contributed by atoms with van der Waals surface area (Å²) in [6, 6.07) is 14.3. The van der Waals surface area contributed by atoms with Crippen molar-refractivity contribution >= 4 is 17.5 Å². The third-order valence-electron chi connectivity index (χ3n) is 5.27. The van der Waals surface area contributed by atoms with Gasteiger partial charge in [-0.15, -0.1) is 5.10 Å². The van der Waals surface area contributed by atoms with Crippen LogP contribution in [-0.4, -0.2) is 44.5 Å². The number of anilines is 1. The zero-order valence-corrected chi connectivity index (χ0v) is 17.5. The van der Waals surface area contributed by atoms with Gasteiger partial charge in [0.2, 0.25) is 11.8 Å². The van der Waals surface area contributed by atoms with E-state index in [2.05, 4.69) is 15.5 Å². The molecule has 1 saturated heterocycles. The van der Waals surface area contributed by atoms with Gasteiger partial charge in [-0.2, -0.15) is 5.10 Å². The van der Waals surface area contributed by atoms with Gasteiger partial charge in [0, 0.05) is 37.0 Å². The first-order chi connectivity index (χ1) is 14.9. The summed E-state index contributed by atoms with van der Waals surface area (Å²) in [6.45, 7) is 4.62. The van der Waals surface area contributed by atoms with E-state index in [4.69, 9.17) is 0 Å². The van der Waals surface area contributed by atoms with E-state index in [-0.39, 0.29) is 36.9 Å². The van der Waals surface area contributed by atoms with E-state index < -0.39 is 5.92 Å². The molecular formula is C22H24N6O3. The van der Waals surface area contributed by atoms with Crippen LogP contribution in [0.2, 0.25) is 0 Å². The van der Waals surface area contributed by atoms with Gasteiger partial charge in [-0.3, -0.25) is 14.4 Å². The molecule has 3 aromatic rings. The molecule has 0 bridgehead atoms. The molecule has 1 atom stereocenters. The first-order valence-corrected chi connectivity index (χ1v) is 10.2. The molecule has 31 heavy (non-hydrogen) atoms. The van der Waals surface area contributed by atoms with Crippen molar-refractivity contribution in [2.45, 2.75) is 26.8 Å². The Kier molecular flexibility index (Phi) is 5.66. The fourth-order valence-corrected chi connectivity index (χ4v) is 3.74. The minimum atomic E-state index is -0.418. The molecule has 4 rings (SSSR count). The molecular weight excluding hydrogens is 396 g/mol. The van der Waals surface area contributed by atoms with Crippen molar-refractivity contribution in [3.8, 4) is 5.82 Å². The Morgan fingerprint density at radius 2 is 1.87 bits per heavy atom. The second-order valence-electron chi connectivity index (χ2n) is 7.62. The fourth-order valence-electron chi connectivity index (χ4n) is 3.74. The highest BCUT2D eigenvalue weighted by Gasteiger charge is 2.34. The van der Waals surface area contributed by atoms with Crippen LogP contribution in [0.3, 0.4) is 0 Å². The molecule has 0 saturated carbocycles. The molecule has 0 spiro atoms. The second-order valence-corrected chi connectivity index (χ2v) is 7.62. The van der Waals surface area contributed by atoms with Crippen molar-refractivity contribution in [1.82, 2.24) is 24.9 Å². The predicted molar refractivity (Wildman–Crippen MR) is 115 cm³/mol. The number of nitrogens with zero attached hydrogens (tertiary/aromatic N) is 5. The summed E-state index contributed by atoms with van der Waals surface area (Å²) in [5.74, 6) is -0.147. The molecule has 0 radical (unpaired) electrons. The number of rotatable bonds is 6. The molecule has 2 aromatic heterocycles. The third kappa shape index (κ3) is 4.40. The first kappa shape index (κ1) is 20.5. The minimum absolute atomic E-state index is 0.0678. The zero-order chi connectivity index (χ0) is 22.0. The Bertz CT molecular complexity index is 1170. The van der Waals surface area contributed by atoms with Crippen LogP contribution in [0.1, 0.15) is 17.8 Å². The minimum Gasteiger partial charge on any atom is -0.354 e. The zero-order valence-electron chi connectivity index (χ0n) is 17.5. The molecule has 1 aromatic carbocycles. The summed E-state index contributed by atoms with van der Waals surface area (Å²) >= 11 is 0. The maximum atomic E-state index is 12.6. The largest absolute Gasteiger partial charge is 0.354 e. The molecule has 1 N–H and O–H groups in total. The lowest BCUT2D eigenvalue weighted by molar-refractivity contribution is -0.126. The molecule has 9 nitrogen and oxygen atoms in total. The lowest BCUT2D eigenvalue weighted by Crippen LogP contribution is -2.36. The molecule has 1 aliphatic heterocycles. The van der Waals surface area contributed by atoms with Gasteiger partial charge >= 0.3 is 0 Å². The topological polar surface area (TPSA) is 102 Å². The maximum absolute atomic E-state index is 12.6. The van der Waals surface area contributed by atoms with Crippen LogP contribution in [0.25, 0.3) is 5.82 Å². The lowest BCUT2D eigenvalue weighted by Gasteiger charge is -2.16. The van der Waals surface area contributed by atoms with E-state index >= 15 is 0 Å². The van der Waals surface area contributed by atoms with Gasteiger partial charge in [-0.05, 0) is 38.1 Å². The van der Waals surface area contributed by atoms with E-state index in [0.717, 1.165) is 17.1 Å². The van der Waals surface area contributed by atoms with E-state index in [1.807, 2.05) is 50.2 Å². The normalized spacial score (nSPS) is 16.0. The number of para-hydroxylation sites is 1. The molecule has 1 fully saturated rings. The lowest BCUT2D eigenvalue weighted by atomic mass is 10.1. The predicted octanol–water partition coefficient (Wildman–Crippen LogP) is 1.22. The van der Waals surface area contributed by atoms with E-state index in [0.29, 0.717) is 12.4 Å². The van der Waals surface area contributed by atoms with Crippen LogP contribution >= 0.6 is 0 Å². The average molecular weight is 420 g/mol. The number of aromatic nitrogens is 4. The van der Waals surface area contributed by atoms with Crippen molar-refractivity contribution < 1.29 is 9.59 Å². The van der Waals surface area contributed by atoms with Crippen LogP contribution < -0.4 is 15.8 Å². The van der Waals surface area contributed by atoms with Crippen molar-refractivity contribution in [3.63, 3.8) is 0 Å². The first-order valence-electron chi connectivity index (χ1n) is 10.2. The number of aryl methyl sites for hydroxylation is 2. The Morgan fingerprint density at radius 1 is 1.10 bits per heavy atom. The summed E-state index contributed by atoms with van der Waals surface area (Å²) in [5, 5.41) is 11.6. The standard InChI is InChI=1S/C22H24N6O3/c1-15-12-16(2)28(24-15)19-8-9-20(29)27(25-19)11-10-23-22(31)17-13-21(30)26(14-17)18-6-4-3-5-7-18/h3-9,12,17H,10-11,13-14H2,1-2H3,(H,23,31). The van der Waals surface area contributed by atoms with Gasteiger partial charge < -0.3 is 10.2 Å². The van der Waals surface area contributed by atoms with Crippen molar-refractivity contribution in [2.75, 3.05) is 18.0 Å². The van der Waals surface area contributed by atoms with Crippen LogP contribution in [-0.2, 0) is 16.1 Å². The number of amides is 2. The average Bonchev–Trinajstić information content (AvgIpc) is 3.31.